The second-order valence-corrected chi connectivity index (χ2v) is 5.89. The van der Waals surface area contributed by atoms with Gasteiger partial charge >= 0.3 is 0 Å². The maximum absolute atomic E-state index is 9.74. The van der Waals surface area contributed by atoms with Crippen LogP contribution in [0.25, 0.3) is 0 Å². The van der Waals surface area contributed by atoms with Crippen LogP contribution in [0.5, 0.6) is 5.75 Å². The standard InChI is InChI=1S/C14H20ClNO2/c1-14(2)8-12(5-6-18-14)16-9-10-7-11(15)3-4-13(10)17/h3-4,7,12,16-17H,5-6,8-9H2,1-2H3. The van der Waals surface area contributed by atoms with Gasteiger partial charge < -0.3 is 15.2 Å². The summed E-state index contributed by atoms with van der Waals surface area (Å²) in [5, 5.41) is 13.9. The van der Waals surface area contributed by atoms with E-state index in [9.17, 15) is 5.11 Å². The van der Waals surface area contributed by atoms with Crippen molar-refractivity contribution in [2.24, 2.45) is 0 Å². The normalized spacial score (nSPS) is 22.9. The molecule has 1 unspecified atom stereocenters. The third-order valence-corrected chi connectivity index (χ3v) is 3.55. The third-order valence-electron chi connectivity index (χ3n) is 3.32. The Kier molecular flexibility index (Phi) is 4.15. The van der Waals surface area contributed by atoms with E-state index in [4.69, 9.17) is 16.3 Å². The summed E-state index contributed by atoms with van der Waals surface area (Å²) < 4.78 is 5.68. The van der Waals surface area contributed by atoms with Crippen LogP contribution in [0.2, 0.25) is 5.02 Å². The van der Waals surface area contributed by atoms with E-state index in [-0.39, 0.29) is 5.60 Å². The molecule has 100 valence electrons. The first-order valence-electron chi connectivity index (χ1n) is 6.31. The molecule has 1 heterocycles. The molecule has 1 aliphatic rings. The lowest BCUT2D eigenvalue weighted by Crippen LogP contribution is -2.43. The molecule has 2 rings (SSSR count). The molecule has 1 aliphatic heterocycles. The number of hydrogen-bond acceptors (Lipinski definition) is 3. The van der Waals surface area contributed by atoms with E-state index in [1.807, 2.05) is 0 Å². The van der Waals surface area contributed by atoms with E-state index in [0.717, 1.165) is 25.0 Å². The van der Waals surface area contributed by atoms with Gasteiger partial charge in [-0.05, 0) is 44.9 Å². The van der Waals surface area contributed by atoms with Gasteiger partial charge in [0, 0.05) is 29.8 Å². The van der Waals surface area contributed by atoms with Crippen molar-refractivity contribution in [1.82, 2.24) is 5.32 Å². The lowest BCUT2D eigenvalue weighted by atomic mass is 9.94. The molecule has 0 aliphatic carbocycles. The average molecular weight is 270 g/mol. The molecule has 1 saturated heterocycles. The predicted octanol–water partition coefficient (Wildman–Crippen LogP) is 3.09. The largest absolute Gasteiger partial charge is 0.508 e. The van der Waals surface area contributed by atoms with Crippen molar-refractivity contribution in [2.45, 2.75) is 44.9 Å². The fraction of sp³-hybridized carbons (Fsp3) is 0.571. The van der Waals surface area contributed by atoms with E-state index in [2.05, 4.69) is 19.2 Å². The van der Waals surface area contributed by atoms with Crippen LogP contribution in [0.1, 0.15) is 32.3 Å². The number of rotatable bonds is 3. The first kappa shape index (κ1) is 13.7. The van der Waals surface area contributed by atoms with Crippen LogP contribution in [0.3, 0.4) is 0 Å². The highest BCUT2D eigenvalue weighted by Gasteiger charge is 2.28. The highest BCUT2D eigenvalue weighted by atomic mass is 35.5. The predicted molar refractivity (Wildman–Crippen MR) is 73.0 cm³/mol. The summed E-state index contributed by atoms with van der Waals surface area (Å²) in [6, 6.07) is 5.55. The maximum Gasteiger partial charge on any atom is 0.120 e. The number of hydrogen-bond donors (Lipinski definition) is 2. The van der Waals surface area contributed by atoms with Crippen molar-refractivity contribution in [3.8, 4) is 5.75 Å². The molecule has 4 heteroatoms. The van der Waals surface area contributed by atoms with Crippen molar-refractivity contribution in [3.05, 3.63) is 28.8 Å². The summed E-state index contributed by atoms with van der Waals surface area (Å²) in [6.07, 6.45) is 1.99. The number of nitrogens with one attached hydrogen (secondary N) is 1. The van der Waals surface area contributed by atoms with Crippen LogP contribution >= 0.6 is 11.6 Å². The number of benzene rings is 1. The van der Waals surface area contributed by atoms with E-state index >= 15 is 0 Å². The van der Waals surface area contributed by atoms with Crippen LogP contribution < -0.4 is 5.32 Å². The molecule has 0 saturated carbocycles. The molecular weight excluding hydrogens is 250 g/mol. The summed E-state index contributed by atoms with van der Waals surface area (Å²) in [5.74, 6) is 0.290. The summed E-state index contributed by atoms with van der Waals surface area (Å²) in [7, 11) is 0. The fourth-order valence-electron chi connectivity index (χ4n) is 2.36. The first-order chi connectivity index (χ1) is 8.46. The molecule has 0 spiro atoms. The fourth-order valence-corrected chi connectivity index (χ4v) is 2.55. The van der Waals surface area contributed by atoms with Crippen LogP contribution in [-0.2, 0) is 11.3 Å². The maximum atomic E-state index is 9.74. The molecule has 1 atom stereocenters. The van der Waals surface area contributed by atoms with Gasteiger partial charge in [0.05, 0.1) is 5.60 Å². The molecule has 18 heavy (non-hydrogen) atoms. The van der Waals surface area contributed by atoms with E-state index in [0.29, 0.717) is 23.4 Å². The summed E-state index contributed by atoms with van der Waals surface area (Å²) >= 11 is 5.92. The van der Waals surface area contributed by atoms with Gasteiger partial charge in [0.15, 0.2) is 0 Å². The lowest BCUT2D eigenvalue weighted by Gasteiger charge is -2.36. The van der Waals surface area contributed by atoms with Crippen LogP contribution in [-0.4, -0.2) is 23.4 Å². The van der Waals surface area contributed by atoms with E-state index < -0.39 is 0 Å². The quantitative estimate of drug-likeness (QED) is 0.886. The smallest absolute Gasteiger partial charge is 0.120 e. The zero-order valence-electron chi connectivity index (χ0n) is 10.9. The second-order valence-electron chi connectivity index (χ2n) is 5.45. The zero-order valence-corrected chi connectivity index (χ0v) is 11.6. The van der Waals surface area contributed by atoms with Crippen molar-refractivity contribution < 1.29 is 9.84 Å². The van der Waals surface area contributed by atoms with Crippen molar-refractivity contribution in [1.29, 1.82) is 0 Å². The molecule has 1 fully saturated rings. The minimum atomic E-state index is -0.0632. The van der Waals surface area contributed by atoms with Gasteiger partial charge in [-0.15, -0.1) is 0 Å². The highest BCUT2D eigenvalue weighted by molar-refractivity contribution is 6.30. The molecule has 1 aromatic rings. The van der Waals surface area contributed by atoms with Crippen LogP contribution in [0.15, 0.2) is 18.2 Å². The minimum Gasteiger partial charge on any atom is -0.508 e. The molecule has 0 amide bonds. The average Bonchev–Trinajstić information content (AvgIpc) is 2.29. The van der Waals surface area contributed by atoms with Crippen LogP contribution in [0, 0.1) is 0 Å². The molecule has 0 aromatic heterocycles. The number of phenols is 1. The Morgan fingerprint density at radius 3 is 3.00 bits per heavy atom. The van der Waals surface area contributed by atoms with Gasteiger partial charge in [0.2, 0.25) is 0 Å². The second kappa shape index (κ2) is 5.47. The Labute approximate surface area is 113 Å². The summed E-state index contributed by atoms with van der Waals surface area (Å²) in [6.45, 7) is 5.63. The molecular formula is C14H20ClNO2. The highest BCUT2D eigenvalue weighted by Crippen LogP contribution is 2.25. The van der Waals surface area contributed by atoms with Gasteiger partial charge in [-0.3, -0.25) is 0 Å². The molecule has 0 radical (unpaired) electrons. The topological polar surface area (TPSA) is 41.5 Å². The molecule has 2 N–H and O–H groups in total. The molecule has 0 bridgehead atoms. The van der Waals surface area contributed by atoms with Crippen molar-refractivity contribution >= 4 is 11.6 Å². The number of halogens is 1. The first-order valence-corrected chi connectivity index (χ1v) is 6.69. The number of ether oxygens (including phenoxy) is 1. The number of aromatic hydroxyl groups is 1. The Morgan fingerprint density at radius 2 is 2.28 bits per heavy atom. The van der Waals surface area contributed by atoms with Crippen molar-refractivity contribution in [3.63, 3.8) is 0 Å². The summed E-state index contributed by atoms with van der Waals surface area (Å²) in [4.78, 5) is 0. The van der Waals surface area contributed by atoms with Gasteiger partial charge in [-0.2, -0.15) is 0 Å². The SMILES string of the molecule is CC1(C)CC(NCc2cc(Cl)ccc2O)CCO1. The Bertz CT molecular complexity index is 420. The monoisotopic (exact) mass is 269 g/mol. The van der Waals surface area contributed by atoms with Gasteiger partial charge in [0.1, 0.15) is 5.75 Å². The van der Waals surface area contributed by atoms with Crippen molar-refractivity contribution in [2.75, 3.05) is 6.61 Å². The summed E-state index contributed by atoms with van der Waals surface area (Å²) in [5.41, 5.74) is 0.776. The van der Waals surface area contributed by atoms with Gasteiger partial charge in [-0.1, -0.05) is 11.6 Å². The zero-order chi connectivity index (χ0) is 13.2. The van der Waals surface area contributed by atoms with Gasteiger partial charge in [0.25, 0.3) is 0 Å². The molecule has 1 aromatic carbocycles. The minimum absolute atomic E-state index is 0.0632. The van der Waals surface area contributed by atoms with E-state index in [1.165, 1.54) is 0 Å². The van der Waals surface area contributed by atoms with Crippen LogP contribution in [0.4, 0.5) is 0 Å². The molecule has 3 nitrogen and oxygen atoms in total. The Hall–Kier alpha value is -0.770. The number of phenolic OH excluding ortho intramolecular Hbond substituents is 1. The Balaban J connectivity index is 1.93. The third kappa shape index (κ3) is 3.61. The lowest BCUT2D eigenvalue weighted by molar-refractivity contribution is -0.0630. The van der Waals surface area contributed by atoms with Gasteiger partial charge in [-0.25, -0.2) is 0 Å². The Morgan fingerprint density at radius 1 is 1.50 bits per heavy atom. The van der Waals surface area contributed by atoms with E-state index in [1.54, 1.807) is 18.2 Å².